The van der Waals surface area contributed by atoms with Crippen LogP contribution in [0.15, 0.2) is 60.8 Å². The lowest BCUT2D eigenvalue weighted by atomic mass is 10.1. The average Bonchev–Trinajstić information content (AvgIpc) is 2.84. The van der Waals surface area contributed by atoms with Crippen LogP contribution in [-0.2, 0) is 17.9 Å². The summed E-state index contributed by atoms with van der Waals surface area (Å²) in [6.45, 7) is 0.660. The highest BCUT2D eigenvalue weighted by Crippen LogP contribution is 2.35. The minimum absolute atomic E-state index is 0.205. The molecule has 3 aromatic rings. The van der Waals surface area contributed by atoms with E-state index in [0.717, 1.165) is 11.3 Å². The van der Waals surface area contributed by atoms with Gasteiger partial charge in [-0.1, -0.05) is 35.3 Å². The molecular weight excluding hydrogens is 463 g/mol. The molecule has 1 aromatic heterocycles. The highest BCUT2D eigenvalue weighted by Gasteiger charge is 2.15. The first-order valence-corrected chi connectivity index (χ1v) is 10.8. The lowest BCUT2D eigenvalue weighted by molar-refractivity contribution is -0.127. The SMILES string of the molecule is COc1cc(OC)c(OC)cc1C=CC(=O)N(Cc1ccc(Cl)c(Cl)c1)Cc1ccccn1. The smallest absolute Gasteiger partial charge is 0.247 e. The Labute approximate surface area is 203 Å². The molecule has 2 aromatic carbocycles. The lowest BCUT2D eigenvalue weighted by Crippen LogP contribution is -2.28. The third kappa shape index (κ3) is 6.40. The number of halogens is 2. The van der Waals surface area contributed by atoms with Gasteiger partial charge < -0.3 is 19.1 Å². The number of nitrogens with zero attached hydrogens (tertiary/aromatic N) is 2. The molecule has 8 heteroatoms. The fourth-order valence-electron chi connectivity index (χ4n) is 3.21. The van der Waals surface area contributed by atoms with E-state index in [0.29, 0.717) is 45.9 Å². The number of methoxy groups -OCH3 is 3. The van der Waals surface area contributed by atoms with E-state index in [4.69, 9.17) is 37.4 Å². The fourth-order valence-corrected chi connectivity index (χ4v) is 3.53. The summed E-state index contributed by atoms with van der Waals surface area (Å²) in [4.78, 5) is 19.2. The second-order valence-electron chi connectivity index (χ2n) is 7.05. The van der Waals surface area contributed by atoms with Gasteiger partial charge in [0.25, 0.3) is 0 Å². The van der Waals surface area contributed by atoms with E-state index in [1.165, 1.54) is 6.08 Å². The Hall–Kier alpha value is -3.22. The summed E-state index contributed by atoms with van der Waals surface area (Å²) >= 11 is 12.2. The molecule has 0 radical (unpaired) electrons. The van der Waals surface area contributed by atoms with Gasteiger partial charge in [0.1, 0.15) is 5.75 Å². The van der Waals surface area contributed by atoms with Crippen LogP contribution in [0.1, 0.15) is 16.8 Å². The Bertz CT molecular complexity index is 1140. The number of carbonyl (C=O) groups excluding carboxylic acids is 1. The van der Waals surface area contributed by atoms with Gasteiger partial charge in [-0.15, -0.1) is 0 Å². The van der Waals surface area contributed by atoms with Crippen LogP contribution in [0.5, 0.6) is 17.2 Å². The van der Waals surface area contributed by atoms with Gasteiger partial charge in [-0.2, -0.15) is 0 Å². The number of amides is 1. The number of pyridine rings is 1. The van der Waals surface area contributed by atoms with E-state index in [9.17, 15) is 4.79 Å². The minimum atomic E-state index is -0.205. The first-order valence-electron chi connectivity index (χ1n) is 10.1. The van der Waals surface area contributed by atoms with Crippen molar-refractivity contribution in [1.29, 1.82) is 0 Å². The minimum Gasteiger partial charge on any atom is -0.496 e. The number of hydrogen-bond donors (Lipinski definition) is 0. The molecule has 0 aliphatic carbocycles. The zero-order valence-corrected chi connectivity index (χ0v) is 20.1. The van der Waals surface area contributed by atoms with Crippen molar-refractivity contribution in [3.63, 3.8) is 0 Å². The Morgan fingerprint density at radius 2 is 1.64 bits per heavy atom. The summed E-state index contributed by atoms with van der Waals surface area (Å²) in [6, 6.07) is 14.4. The molecule has 0 atom stereocenters. The fraction of sp³-hybridized carbons (Fsp3) is 0.200. The highest BCUT2D eigenvalue weighted by molar-refractivity contribution is 6.42. The summed E-state index contributed by atoms with van der Waals surface area (Å²) in [7, 11) is 4.65. The summed E-state index contributed by atoms with van der Waals surface area (Å²) in [5.74, 6) is 1.42. The standard InChI is InChI=1S/C25H24Cl2N2O4/c1-31-22-14-24(33-3)23(32-2)13-18(22)8-10-25(30)29(16-19-6-4-5-11-28-19)15-17-7-9-20(26)21(27)12-17/h4-14H,15-16H2,1-3H3. The molecule has 6 nitrogen and oxygen atoms in total. The predicted octanol–water partition coefficient (Wildman–Crippen LogP) is 5.66. The van der Waals surface area contributed by atoms with Gasteiger partial charge in [-0.25, -0.2) is 0 Å². The van der Waals surface area contributed by atoms with Gasteiger partial charge in [0, 0.05) is 30.4 Å². The normalized spacial score (nSPS) is 10.8. The van der Waals surface area contributed by atoms with E-state index >= 15 is 0 Å². The van der Waals surface area contributed by atoms with E-state index < -0.39 is 0 Å². The third-order valence-electron chi connectivity index (χ3n) is 4.89. The van der Waals surface area contributed by atoms with Crippen molar-refractivity contribution in [3.05, 3.63) is 87.7 Å². The number of ether oxygens (including phenoxy) is 3. The van der Waals surface area contributed by atoms with Gasteiger partial charge in [-0.3, -0.25) is 9.78 Å². The molecule has 0 N–H and O–H groups in total. The van der Waals surface area contributed by atoms with E-state index in [2.05, 4.69) is 4.98 Å². The molecule has 3 rings (SSSR count). The monoisotopic (exact) mass is 486 g/mol. The summed E-state index contributed by atoms with van der Waals surface area (Å²) < 4.78 is 16.1. The van der Waals surface area contributed by atoms with E-state index in [1.54, 1.807) is 62.8 Å². The molecule has 0 bridgehead atoms. The maximum absolute atomic E-state index is 13.2. The zero-order chi connectivity index (χ0) is 23.8. The van der Waals surface area contributed by atoms with Crippen molar-refractivity contribution >= 4 is 35.2 Å². The van der Waals surface area contributed by atoms with Crippen LogP contribution in [0, 0.1) is 0 Å². The maximum atomic E-state index is 13.2. The maximum Gasteiger partial charge on any atom is 0.247 e. The molecular formula is C25H24Cl2N2O4. The molecule has 172 valence electrons. The Kier molecular flexibility index (Phi) is 8.58. The molecule has 1 amide bonds. The number of rotatable bonds is 9. The van der Waals surface area contributed by atoms with Crippen LogP contribution in [0.4, 0.5) is 0 Å². The number of carbonyl (C=O) groups is 1. The van der Waals surface area contributed by atoms with Crippen molar-refractivity contribution in [1.82, 2.24) is 9.88 Å². The molecule has 0 saturated heterocycles. The van der Waals surface area contributed by atoms with Crippen LogP contribution < -0.4 is 14.2 Å². The van der Waals surface area contributed by atoms with Crippen molar-refractivity contribution in [2.24, 2.45) is 0 Å². The number of aromatic nitrogens is 1. The quantitative estimate of drug-likeness (QED) is 0.365. The number of hydrogen-bond acceptors (Lipinski definition) is 5. The van der Waals surface area contributed by atoms with Crippen LogP contribution in [0.3, 0.4) is 0 Å². The molecule has 0 aliphatic heterocycles. The van der Waals surface area contributed by atoms with Crippen molar-refractivity contribution in [2.75, 3.05) is 21.3 Å². The topological polar surface area (TPSA) is 60.9 Å². The molecule has 0 spiro atoms. The Balaban J connectivity index is 1.89. The van der Waals surface area contributed by atoms with Crippen LogP contribution in [-0.4, -0.2) is 37.1 Å². The summed E-state index contributed by atoms with van der Waals surface area (Å²) in [5.41, 5.74) is 2.30. The molecule has 0 fully saturated rings. The summed E-state index contributed by atoms with van der Waals surface area (Å²) in [5, 5.41) is 0.897. The molecule has 0 aliphatic rings. The highest BCUT2D eigenvalue weighted by atomic mass is 35.5. The predicted molar refractivity (Wildman–Crippen MR) is 130 cm³/mol. The molecule has 33 heavy (non-hydrogen) atoms. The van der Waals surface area contributed by atoms with Gasteiger partial charge in [0.05, 0.1) is 43.6 Å². The van der Waals surface area contributed by atoms with Crippen molar-refractivity contribution < 1.29 is 19.0 Å². The van der Waals surface area contributed by atoms with Gasteiger partial charge in [0.15, 0.2) is 11.5 Å². The number of benzene rings is 2. The summed E-state index contributed by atoms with van der Waals surface area (Å²) in [6.07, 6.45) is 4.87. The molecule has 0 saturated carbocycles. The van der Waals surface area contributed by atoms with Crippen LogP contribution >= 0.6 is 23.2 Å². The van der Waals surface area contributed by atoms with Gasteiger partial charge >= 0.3 is 0 Å². The Morgan fingerprint density at radius 1 is 0.909 bits per heavy atom. The molecule has 1 heterocycles. The van der Waals surface area contributed by atoms with Gasteiger partial charge in [-0.05, 0) is 42.0 Å². The zero-order valence-electron chi connectivity index (χ0n) is 18.5. The van der Waals surface area contributed by atoms with E-state index in [1.807, 2.05) is 24.3 Å². The average molecular weight is 487 g/mol. The first kappa shape index (κ1) is 24.4. The Morgan fingerprint density at radius 3 is 2.27 bits per heavy atom. The second kappa shape index (κ2) is 11.6. The second-order valence-corrected chi connectivity index (χ2v) is 7.86. The van der Waals surface area contributed by atoms with Crippen LogP contribution in [0.2, 0.25) is 10.0 Å². The molecule has 0 unspecified atom stereocenters. The van der Waals surface area contributed by atoms with Gasteiger partial charge in [0.2, 0.25) is 5.91 Å². The van der Waals surface area contributed by atoms with E-state index in [-0.39, 0.29) is 5.91 Å². The first-order chi connectivity index (χ1) is 15.9. The van der Waals surface area contributed by atoms with Crippen molar-refractivity contribution in [3.8, 4) is 17.2 Å². The largest absolute Gasteiger partial charge is 0.496 e. The van der Waals surface area contributed by atoms with Crippen molar-refractivity contribution in [2.45, 2.75) is 13.1 Å². The third-order valence-corrected chi connectivity index (χ3v) is 5.63. The lowest BCUT2D eigenvalue weighted by Gasteiger charge is -2.21. The van der Waals surface area contributed by atoms with Crippen LogP contribution in [0.25, 0.3) is 6.08 Å².